The van der Waals surface area contributed by atoms with E-state index < -0.39 is 20.0 Å². The lowest BCUT2D eigenvalue weighted by atomic mass is 10.0. The summed E-state index contributed by atoms with van der Waals surface area (Å²) in [6, 6.07) is -0.827. The summed E-state index contributed by atoms with van der Waals surface area (Å²) < 4.78 is 22.9. The first-order valence-electron chi connectivity index (χ1n) is 16.6. The number of carbonyl (C=O) groups excluding carboxylic acids is 1. The number of nitrogens with zero attached hydrogens (tertiary/aromatic N) is 1. The van der Waals surface area contributed by atoms with E-state index in [4.69, 9.17) is 9.05 Å². The molecule has 0 aliphatic carbocycles. The Morgan fingerprint density at radius 2 is 1.36 bits per heavy atom. The molecule has 0 fully saturated rings. The molecule has 1 amide bonds. The fraction of sp³-hybridized carbons (Fsp3) is 0.686. The molecule has 0 heterocycles. The molecule has 0 aromatic heterocycles. The van der Waals surface area contributed by atoms with Crippen molar-refractivity contribution >= 4 is 13.7 Å². The molecule has 0 saturated carbocycles. The van der Waals surface area contributed by atoms with Gasteiger partial charge in [-0.15, -0.1) is 0 Å². The molecular weight excluding hydrogens is 575 g/mol. The molecule has 254 valence electrons. The molecule has 0 rings (SSSR count). The second-order valence-electron chi connectivity index (χ2n) is 12.1. The smallest absolute Gasteiger partial charge is 0.268 e. The van der Waals surface area contributed by atoms with Gasteiger partial charge in [-0.05, 0) is 51.4 Å². The van der Waals surface area contributed by atoms with E-state index >= 15 is 0 Å². The van der Waals surface area contributed by atoms with E-state index in [0.717, 1.165) is 70.6 Å². The average molecular weight is 639 g/mol. The van der Waals surface area contributed by atoms with Gasteiger partial charge in [0.15, 0.2) is 0 Å². The predicted octanol–water partition coefficient (Wildman–Crippen LogP) is 7.32. The predicted molar refractivity (Wildman–Crippen MR) is 182 cm³/mol. The molecule has 0 bridgehead atoms. The summed E-state index contributed by atoms with van der Waals surface area (Å²) in [6.07, 6.45) is 32.7. The van der Waals surface area contributed by atoms with Crippen LogP contribution in [0.15, 0.2) is 60.8 Å². The topological polar surface area (TPSA) is 108 Å². The first kappa shape index (κ1) is 42.2. The SMILES string of the molecule is CC/C=C\C/C=C\C/C=C\C/C=C\C/C=C\CCCC(=O)NC(COP(=O)([O-])OCC[N+](C)(C)C)C(O)CCCCCCC. The minimum Gasteiger partial charge on any atom is -0.756 e. The van der Waals surface area contributed by atoms with Crippen molar-refractivity contribution in [2.24, 2.45) is 0 Å². The second kappa shape index (κ2) is 27.5. The second-order valence-corrected chi connectivity index (χ2v) is 13.5. The zero-order chi connectivity index (χ0) is 32.9. The van der Waals surface area contributed by atoms with Crippen LogP contribution in [0.5, 0.6) is 0 Å². The standard InChI is InChI=1S/C35H63N2O6P/c1-6-8-10-12-13-14-15-16-17-18-19-20-21-22-23-25-27-29-35(39)36-33(34(38)28-26-24-11-9-7-2)32-43-44(40,41)42-31-30-37(3,4)5/h8,10,13-14,16-17,19-20,22-23,33-34,38H,6-7,9,11-12,15,18,21,24-32H2,1-5H3,(H-,36,39,40,41)/b10-8-,14-13-,17-16-,20-19-,23-22-. The number of phosphoric ester groups is 1. The number of hydrogen-bond acceptors (Lipinski definition) is 6. The third kappa shape index (κ3) is 28.9. The fourth-order valence-corrected chi connectivity index (χ4v) is 4.79. The Balaban J connectivity index is 4.50. The Morgan fingerprint density at radius 1 is 0.818 bits per heavy atom. The van der Waals surface area contributed by atoms with Gasteiger partial charge in [0.05, 0.1) is 39.9 Å². The largest absolute Gasteiger partial charge is 0.756 e. The van der Waals surface area contributed by atoms with Crippen LogP contribution in [0, 0.1) is 0 Å². The van der Waals surface area contributed by atoms with Crippen LogP contribution >= 0.6 is 7.82 Å². The Hall–Kier alpha value is -1.80. The monoisotopic (exact) mass is 638 g/mol. The van der Waals surface area contributed by atoms with Gasteiger partial charge in [-0.25, -0.2) is 0 Å². The summed E-state index contributed by atoms with van der Waals surface area (Å²) in [4.78, 5) is 24.9. The highest BCUT2D eigenvalue weighted by Crippen LogP contribution is 2.38. The molecule has 2 N–H and O–H groups in total. The summed E-state index contributed by atoms with van der Waals surface area (Å²) in [7, 11) is 1.25. The van der Waals surface area contributed by atoms with E-state index in [-0.39, 0.29) is 25.5 Å². The van der Waals surface area contributed by atoms with Crippen LogP contribution in [0.3, 0.4) is 0 Å². The lowest BCUT2D eigenvalue weighted by Crippen LogP contribution is -2.46. The van der Waals surface area contributed by atoms with Gasteiger partial charge in [0.2, 0.25) is 5.91 Å². The van der Waals surface area contributed by atoms with E-state index in [9.17, 15) is 19.4 Å². The van der Waals surface area contributed by atoms with Gasteiger partial charge in [-0.3, -0.25) is 9.36 Å². The van der Waals surface area contributed by atoms with Crippen molar-refractivity contribution < 1.29 is 32.9 Å². The maximum absolute atomic E-state index is 12.6. The van der Waals surface area contributed by atoms with Crippen LogP contribution < -0.4 is 10.2 Å². The van der Waals surface area contributed by atoms with Crippen LogP contribution in [0.4, 0.5) is 0 Å². The Bertz CT molecular complexity index is 907. The van der Waals surface area contributed by atoms with Gasteiger partial charge in [0.1, 0.15) is 13.2 Å². The van der Waals surface area contributed by atoms with Gasteiger partial charge >= 0.3 is 0 Å². The number of likely N-dealkylation sites (N-methyl/N-ethyl adjacent to an activating group) is 1. The van der Waals surface area contributed by atoms with E-state index in [1.54, 1.807) is 0 Å². The average Bonchev–Trinajstić information content (AvgIpc) is 2.95. The Morgan fingerprint density at radius 3 is 1.91 bits per heavy atom. The van der Waals surface area contributed by atoms with Crippen LogP contribution in [0.1, 0.15) is 104 Å². The number of allylic oxidation sites excluding steroid dienone is 10. The number of unbranched alkanes of at least 4 members (excludes halogenated alkanes) is 5. The van der Waals surface area contributed by atoms with Crippen molar-refractivity contribution in [2.45, 2.75) is 116 Å². The maximum Gasteiger partial charge on any atom is 0.268 e. The van der Waals surface area contributed by atoms with E-state index in [1.165, 1.54) is 0 Å². The highest BCUT2D eigenvalue weighted by atomic mass is 31.2. The molecule has 9 heteroatoms. The zero-order valence-corrected chi connectivity index (χ0v) is 29.2. The quantitative estimate of drug-likeness (QED) is 0.0402. The lowest BCUT2D eigenvalue weighted by molar-refractivity contribution is -0.870. The van der Waals surface area contributed by atoms with Gasteiger partial charge in [-0.1, -0.05) is 107 Å². The fourth-order valence-electron chi connectivity index (χ4n) is 4.07. The third-order valence-electron chi connectivity index (χ3n) is 6.77. The van der Waals surface area contributed by atoms with Gasteiger partial charge < -0.3 is 28.8 Å². The molecular formula is C35H63N2O6P. The third-order valence-corrected chi connectivity index (χ3v) is 7.73. The number of quaternary nitrogens is 1. The van der Waals surface area contributed by atoms with Crippen molar-refractivity contribution in [3.8, 4) is 0 Å². The number of aliphatic hydroxyl groups excluding tert-OH is 1. The molecule has 0 saturated heterocycles. The molecule has 0 radical (unpaired) electrons. The number of hydrogen-bond donors (Lipinski definition) is 2. The summed E-state index contributed by atoms with van der Waals surface area (Å²) >= 11 is 0. The van der Waals surface area contributed by atoms with Crippen molar-refractivity contribution in [3.63, 3.8) is 0 Å². The summed E-state index contributed by atoms with van der Waals surface area (Å²) in [6.45, 7) is 4.41. The number of aliphatic hydroxyl groups is 1. The first-order chi connectivity index (χ1) is 21.0. The minimum atomic E-state index is -4.56. The zero-order valence-electron chi connectivity index (χ0n) is 28.3. The number of amides is 1. The van der Waals surface area contributed by atoms with Gasteiger partial charge in [-0.2, -0.15) is 0 Å². The molecule has 8 nitrogen and oxygen atoms in total. The molecule has 0 aromatic carbocycles. The molecule has 3 unspecified atom stereocenters. The normalized spacial score (nSPS) is 15.7. The molecule has 3 atom stereocenters. The molecule has 0 aromatic rings. The summed E-state index contributed by atoms with van der Waals surface area (Å²) in [5.41, 5.74) is 0. The van der Waals surface area contributed by atoms with Crippen LogP contribution in [0.25, 0.3) is 0 Å². The highest BCUT2D eigenvalue weighted by molar-refractivity contribution is 7.45. The minimum absolute atomic E-state index is 0.00289. The van der Waals surface area contributed by atoms with Crippen molar-refractivity contribution in [2.75, 3.05) is 40.9 Å². The van der Waals surface area contributed by atoms with Crippen molar-refractivity contribution in [1.82, 2.24) is 5.32 Å². The van der Waals surface area contributed by atoms with E-state index in [2.05, 4.69) is 79.9 Å². The number of rotatable bonds is 28. The number of phosphoric acid groups is 1. The van der Waals surface area contributed by atoms with E-state index in [0.29, 0.717) is 23.9 Å². The number of carbonyl (C=O) groups is 1. The van der Waals surface area contributed by atoms with Crippen molar-refractivity contribution in [1.29, 1.82) is 0 Å². The highest BCUT2D eigenvalue weighted by Gasteiger charge is 2.24. The van der Waals surface area contributed by atoms with Gasteiger partial charge in [0, 0.05) is 6.42 Å². The van der Waals surface area contributed by atoms with Crippen LogP contribution in [0.2, 0.25) is 0 Å². The van der Waals surface area contributed by atoms with E-state index in [1.807, 2.05) is 21.1 Å². The van der Waals surface area contributed by atoms with Crippen molar-refractivity contribution in [3.05, 3.63) is 60.8 Å². The molecule has 44 heavy (non-hydrogen) atoms. The molecule has 0 aliphatic rings. The first-order valence-corrected chi connectivity index (χ1v) is 18.1. The van der Waals surface area contributed by atoms with Gasteiger partial charge in [0.25, 0.3) is 7.82 Å². The summed E-state index contributed by atoms with van der Waals surface area (Å²) in [5, 5.41) is 13.6. The Labute approximate surface area is 269 Å². The van der Waals surface area contributed by atoms with Crippen LogP contribution in [-0.4, -0.2) is 68.5 Å². The maximum atomic E-state index is 12.6. The number of nitrogens with one attached hydrogen (secondary N) is 1. The lowest BCUT2D eigenvalue weighted by Gasteiger charge is -2.30. The molecule has 0 aliphatic heterocycles. The molecule has 0 spiro atoms. The summed E-state index contributed by atoms with van der Waals surface area (Å²) in [5.74, 6) is -0.234. The van der Waals surface area contributed by atoms with Crippen LogP contribution in [-0.2, 0) is 18.4 Å². The Kier molecular flexibility index (Phi) is 26.4.